The van der Waals surface area contributed by atoms with Crippen LogP contribution in [0, 0.1) is 11.3 Å². The summed E-state index contributed by atoms with van der Waals surface area (Å²) in [5.41, 5.74) is 1.39. The molecule has 4 heteroatoms. The van der Waals surface area contributed by atoms with Gasteiger partial charge < -0.3 is 4.90 Å². The Morgan fingerprint density at radius 2 is 2.17 bits per heavy atom. The molecule has 0 unspecified atom stereocenters. The zero-order valence-corrected chi connectivity index (χ0v) is 10.4. The maximum absolute atomic E-state index is 12.0. The van der Waals surface area contributed by atoms with Crippen LogP contribution in [0.3, 0.4) is 0 Å². The molecule has 1 saturated heterocycles. The van der Waals surface area contributed by atoms with E-state index in [1.807, 2.05) is 17.0 Å². The van der Waals surface area contributed by atoms with E-state index in [0.29, 0.717) is 18.7 Å². The van der Waals surface area contributed by atoms with Crippen LogP contribution in [0.4, 0.5) is 0 Å². The van der Waals surface area contributed by atoms with E-state index >= 15 is 0 Å². The van der Waals surface area contributed by atoms with Crippen LogP contribution in [-0.2, 0) is 11.3 Å². The number of amides is 1. The molecule has 1 amide bonds. The lowest BCUT2D eigenvalue weighted by molar-refractivity contribution is -0.132. The van der Waals surface area contributed by atoms with E-state index in [-0.39, 0.29) is 5.91 Å². The highest BCUT2D eigenvalue weighted by Gasteiger charge is 2.15. The van der Waals surface area contributed by atoms with Gasteiger partial charge >= 0.3 is 0 Å². The van der Waals surface area contributed by atoms with Crippen molar-refractivity contribution in [3.63, 3.8) is 0 Å². The number of hydrogen-bond donors (Lipinski definition) is 0. The molecule has 4 nitrogen and oxygen atoms in total. The Bertz CT molecular complexity index is 464. The molecular formula is C14H17N3O. The minimum atomic E-state index is 0.227. The summed E-state index contributed by atoms with van der Waals surface area (Å²) >= 11 is 0. The highest BCUT2D eigenvalue weighted by Crippen LogP contribution is 2.14. The van der Waals surface area contributed by atoms with Crippen molar-refractivity contribution in [1.82, 2.24) is 9.88 Å². The number of carbonyl (C=O) groups excluding carboxylic acids is 1. The average Bonchev–Trinajstić information content (AvgIpc) is 2.39. The summed E-state index contributed by atoms with van der Waals surface area (Å²) < 4.78 is 0. The summed E-state index contributed by atoms with van der Waals surface area (Å²) in [5.74, 6) is 0.227. The lowest BCUT2D eigenvalue weighted by Gasteiger charge is -2.24. The first-order valence-electron chi connectivity index (χ1n) is 6.42. The van der Waals surface area contributed by atoms with Crippen molar-refractivity contribution in [3.05, 3.63) is 29.6 Å². The molecule has 0 N–H and O–H groups in total. The zero-order chi connectivity index (χ0) is 12.8. The molecule has 0 aliphatic carbocycles. The first-order chi connectivity index (χ1) is 8.79. The largest absolute Gasteiger partial charge is 0.338 e. The second-order valence-electron chi connectivity index (χ2n) is 4.64. The van der Waals surface area contributed by atoms with Gasteiger partial charge in [-0.05, 0) is 30.5 Å². The van der Waals surface area contributed by atoms with Crippen LogP contribution < -0.4 is 0 Å². The summed E-state index contributed by atoms with van der Waals surface area (Å²) in [4.78, 5) is 17.8. The molecule has 0 saturated carbocycles. The second kappa shape index (κ2) is 6.15. The van der Waals surface area contributed by atoms with Gasteiger partial charge in [0.25, 0.3) is 0 Å². The smallest absolute Gasteiger partial charge is 0.222 e. The zero-order valence-electron chi connectivity index (χ0n) is 10.4. The second-order valence-corrected chi connectivity index (χ2v) is 4.64. The number of hydrogen-bond acceptors (Lipinski definition) is 3. The Balaban J connectivity index is 2.05. The molecule has 0 radical (unpaired) electrons. The number of pyridine rings is 1. The van der Waals surface area contributed by atoms with Crippen LogP contribution in [0.5, 0.6) is 0 Å². The molecular weight excluding hydrogens is 226 g/mol. The van der Waals surface area contributed by atoms with Gasteiger partial charge in [-0.15, -0.1) is 0 Å². The number of aromatic nitrogens is 1. The Labute approximate surface area is 107 Å². The molecule has 0 aromatic carbocycles. The van der Waals surface area contributed by atoms with Gasteiger partial charge in [0, 0.05) is 25.7 Å². The van der Waals surface area contributed by atoms with Crippen LogP contribution in [0.2, 0.25) is 0 Å². The molecule has 1 aliphatic rings. The number of nitrogens with zero attached hydrogens (tertiary/aromatic N) is 3. The third-order valence-electron chi connectivity index (χ3n) is 3.23. The highest BCUT2D eigenvalue weighted by molar-refractivity contribution is 5.76. The lowest BCUT2D eigenvalue weighted by Crippen LogP contribution is -2.32. The fourth-order valence-electron chi connectivity index (χ4n) is 2.24. The molecule has 0 spiro atoms. The summed E-state index contributed by atoms with van der Waals surface area (Å²) in [6, 6.07) is 5.65. The minimum absolute atomic E-state index is 0.227. The van der Waals surface area contributed by atoms with Gasteiger partial charge in [0.1, 0.15) is 11.8 Å². The number of likely N-dealkylation sites (tertiary alicyclic amines) is 1. The fraction of sp³-hybridized carbons (Fsp3) is 0.500. The minimum Gasteiger partial charge on any atom is -0.338 e. The number of carbonyl (C=O) groups is 1. The topological polar surface area (TPSA) is 57.0 Å². The number of rotatable bonds is 2. The van der Waals surface area contributed by atoms with Gasteiger partial charge in [-0.3, -0.25) is 4.79 Å². The normalized spacial score (nSPS) is 16.8. The van der Waals surface area contributed by atoms with E-state index in [0.717, 1.165) is 31.4 Å². The van der Waals surface area contributed by atoms with Gasteiger partial charge in [0.15, 0.2) is 0 Å². The van der Waals surface area contributed by atoms with Crippen LogP contribution >= 0.6 is 0 Å². The van der Waals surface area contributed by atoms with Gasteiger partial charge in [0.05, 0.1) is 0 Å². The molecule has 0 atom stereocenters. The predicted molar refractivity (Wildman–Crippen MR) is 67.5 cm³/mol. The standard InChI is InChI=1S/C14H17N3O/c15-10-13-9-12(6-7-16-13)11-17-8-4-2-1-3-5-14(17)18/h6-7,9H,1-5,8,11H2. The SMILES string of the molecule is N#Cc1cc(CN2CCCCCCC2=O)ccn1. The van der Waals surface area contributed by atoms with Crippen molar-refractivity contribution in [1.29, 1.82) is 5.26 Å². The van der Waals surface area contributed by atoms with Crippen molar-refractivity contribution in [2.24, 2.45) is 0 Å². The number of nitriles is 1. The summed E-state index contributed by atoms with van der Waals surface area (Å²) in [6.07, 6.45) is 6.70. The Morgan fingerprint density at radius 3 is 3.00 bits per heavy atom. The molecule has 1 aromatic rings. The van der Waals surface area contributed by atoms with Gasteiger partial charge in [-0.2, -0.15) is 5.26 Å². The monoisotopic (exact) mass is 243 g/mol. The lowest BCUT2D eigenvalue weighted by atomic mass is 10.1. The van der Waals surface area contributed by atoms with E-state index in [2.05, 4.69) is 4.98 Å². The maximum Gasteiger partial charge on any atom is 0.222 e. The van der Waals surface area contributed by atoms with Gasteiger partial charge in [0.2, 0.25) is 5.91 Å². The van der Waals surface area contributed by atoms with Crippen LogP contribution in [0.25, 0.3) is 0 Å². The van der Waals surface area contributed by atoms with Crippen molar-refractivity contribution >= 4 is 5.91 Å². The van der Waals surface area contributed by atoms with Crippen LogP contribution in [0.1, 0.15) is 43.4 Å². The van der Waals surface area contributed by atoms with E-state index in [9.17, 15) is 4.79 Å². The third kappa shape index (κ3) is 3.30. The van der Waals surface area contributed by atoms with Crippen molar-refractivity contribution in [3.8, 4) is 6.07 Å². The van der Waals surface area contributed by atoms with Crippen molar-refractivity contribution < 1.29 is 4.79 Å². The van der Waals surface area contributed by atoms with Gasteiger partial charge in [-0.25, -0.2) is 4.98 Å². The molecule has 2 heterocycles. The molecule has 94 valence electrons. The predicted octanol–water partition coefficient (Wildman–Crippen LogP) is 2.25. The van der Waals surface area contributed by atoms with Gasteiger partial charge in [-0.1, -0.05) is 12.8 Å². The van der Waals surface area contributed by atoms with E-state index in [1.165, 1.54) is 6.42 Å². The molecule has 1 fully saturated rings. The van der Waals surface area contributed by atoms with Crippen molar-refractivity contribution in [2.75, 3.05) is 6.54 Å². The fourth-order valence-corrected chi connectivity index (χ4v) is 2.24. The molecule has 1 aromatic heterocycles. The Kier molecular flexibility index (Phi) is 4.30. The molecule has 1 aliphatic heterocycles. The third-order valence-corrected chi connectivity index (χ3v) is 3.23. The van der Waals surface area contributed by atoms with Crippen molar-refractivity contribution in [2.45, 2.75) is 38.6 Å². The van der Waals surface area contributed by atoms with E-state index in [1.54, 1.807) is 12.3 Å². The average molecular weight is 243 g/mol. The van der Waals surface area contributed by atoms with E-state index < -0.39 is 0 Å². The first-order valence-corrected chi connectivity index (χ1v) is 6.42. The van der Waals surface area contributed by atoms with Crippen LogP contribution in [0.15, 0.2) is 18.3 Å². The molecule has 18 heavy (non-hydrogen) atoms. The van der Waals surface area contributed by atoms with Crippen LogP contribution in [-0.4, -0.2) is 22.3 Å². The summed E-state index contributed by atoms with van der Waals surface area (Å²) in [6.45, 7) is 1.42. The first kappa shape index (κ1) is 12.6. The Morgan fingerprint density at radius 1 is 1.33 bits per heavy atom. The van der Waals surface area contributed by atoms with E-state index in [4.69, 9.17) is 5.26 Å². The summed E-state index contributed by atoms with van der Waals surface area (Å²) in [5, 5.41) is 8.81. The quantitative estimate of drug-likeness (QED) is 0.800. The molecule has 2 rings (SSSR count). The highest BCUT2D eigenvalue weighted by atomic mass is 16.2. The molecule has 0 bridgehead atoms. The summed E-state index contributed by atoms with van der Waals surface area (Å²) in [7, 11) is 0. The maximum atomic E-state index is 12.0. The Hall–Kier alpha value is -1.89.